The van der Waals surface area contributed by atoms with Crippen LogP contribution < -0.4 is 5.73 Å². The summed E-state index contributed by atoms with van der Waals surface area (Å²) in [6.07, 6.45) is 0. The summed E-state index contributed by atoms with van der Waals surface area (Å²) >= 11 is 4.70. The van der Waals surface area contributed by atoms with Gasteiger partial charge >= 0.3 is 0 Å². The largest absolute Gasteiger partial charge is 0.324 e. The monoisotopic (exact) mass is 344 g/mol. The Morgan fingerprint density at radius 2 is 2.21 bits per heavy atom. The van der Waals surface area contributed by atoms with Crippen molar-refractivity contribution in [2.45, 2.75) is 30.9 Å². The number of hydrogen-bond donors (Lipinski definition) is 1. The Morgan fingerprint density at radius 3 is 2.84 bits per heavy atom. The topological polar surface area (TPSA) is 56.7 Å². The van der Waals surface area contributed by atoms with Crippen LogP contribution in [0.3, 0.4) is 0 Å². The van der Waals surface area contributed by atoms with Gasteiger partial charge in [-0.25, -0.2) is 4.39 Å². The lowest BCUT2D eigenvalue weighted by Crippen LogP contribution is -2.08. The molecule has 0 saturated carbocycles. The SMILES string of the molecule is CCn1c(CN)nnc1SCc1ccc(Br)cc1F. The standard InChI is InChI=1S/C12H14BrFN4S/c1-2-18-11(6-15)16-17-12(18)19-7-8-3-4-9(13)5-10(8)14/h3-5H,2,6-7,15H2,1H3. The minimum absolute atomic E-state index is 0.219. The normalized spacial score (nSPS) is 10.9. The van der Waals surface area contributed by atoms with Gasteiger partial charge in [-0.3, -0.25) is 0 Å². The van der Waals surface area contributed by atoms with Crippen LogP contribution in [0.5, 0.6) is 0 Å². The quantitative estimate of drug-likeness (QED) is 0.847. The first kappa shape index (κ1) is 14.5. The predicted molar refractivity (Wildman–Crippen MR) is 77.2 cm³/mol. The van der Waals surface area contributed by atoms with Crippen LogP contribution in [-0.4, -0.2) is 14.8 Å². The Kier molecular flexibility index (Phi) is 4.95. The van der Waals surface area contributed by atoms with Crippen LogP contribution in [0.15, 0.2) is 27.8 Å². The summed E-state index contributed by atoms with van der Waals surface area (Å²) in [5.41, 5.74) is 6.24. The van der Waals surface area contributed by atoms with Gasteiger partial charge in [0.1, 0.15) is 11.6 Å². The van der Waals surface area contributed by atoms with Gasteiger partial charge in [0.25, 0.3) is 0 Å². The van der Waals surface area contributed by atoms with E-state index in [-0.39, 0.29) is 5.82 Å². The summed E-state index contributed by atoms with van der Waals surface area (Å²) in [5.74, 6) is 1.05. The summed E-state index contributed by atoms with van der Waals surface area (Å²) in [6, 6.07) is 5.06. The van der Waals surface area contributed by atoms with E-state index in [1.165, 1.54) is 17.8 Å². The molecule has 19 heavy (non-hydrogen) atoms. The van der Waals surface area contributed by atoms with Crippen molar-refractivity contribution in [3.8, 4) is 0 Å². The fourth-order valence-electron chi connectivity index (χ4n) is 1.68. The van der Waals surface area contributed by atoms with Crippen molar-refractivity contribution >= 4 is 27.7 Å². The smallest absolute Gasteiger partial charge is 0.191 e. The molecule has 0 aliphatic rings. The van der Waals surface area contributed by atoms with Crippen molar-refractivity contribution in [1.29, 1.82) is 0 Å². The molecule has 0 spiro atoms. The van der Waals surface area contributed by atoms with Crippen molar-refractivity contribution in [2.24, 2.45) is 5.73 Å². The summed E-state index contributed by atoms with van der Waals surface area (Å²) in [4.78, 5) is 0. The van der Waals surface area contributed by atoms with Crippen LogP contribution in [0.2, 0.25) is 0 Å². The number of aromatic nitrogens is 3. The molecule has 0 amide bonds. The molecule has 0 radical (unpaired) electrons. The van der Waals surface area contributed by atoms with Gasteiger partial charge in [-0.1, -0.05) is 33.8 Å². The summed E-state index contributed by atoms with van der Waals surface area (Å²) in [6.45, 7) is 3.12. The zero-order valence-electron chi connectivity index (χ0n) is 10.4. The Morgan fingerprint density at radius 1 is 1.42 bits per heavy atom. The first-order valence-electron chi connectivity index (χ1n) is 5.84. The first-order valence-corrected chi connectivity index (χ1v) is 7.62. The first-order chi connectivity index (χ1) is 9.15. The predicted octanol–water partition coefficient (Wildman–Crippen LogP) is 2.95. The fourth-order valence-corrected chi connectivity index (χ4v) is 3.02. The average Bonchev–Trinajstić information content (AvgIpc) is 2.79. The van der Waals surface area contributed by atoms with Gasteiger partial charge in [-0.05, 0) is 24.6 Å². The van der Waals surface area contributed by atoms with E-state index in [0.717, 1.165) is 22.0 Å². The third-order valence-electron chi connectivity index (χ3n) is 2.66. The minimum atomic E-state index is -0.219. The van der Waals surface area contributed by atoms with Crippen LogP contribution in [-0.2, 0) is 18.8 Å². The number of rotatable bonds is 5. The van der Waals surface area contributed by atoms with Crippen LogP contribution in [0.1, 0.15) is 18.3 Å². The molecular formula is C12H14BrFN4S. The molecule has 7 heteroatoms. The van der Waals surface area contributed by atoms with Gasteiger partial charge in [0, 0.05) is 16.8 Å². The van der Waals surface area contributed by atoms with Crippen molar-refractivity contribution in [1.82, 2.24) is 14.8 Å². The van der Waals surface area contributed by atoms with Crippen molar-refractivity contribution in [3.63, 3.8) is 0 Å². The molecule has 0 bridgehead atoms. The number of hydrogen-bond acceptors (Lipinski definition) is 4. The molecule has 1 aromatic heterocycles. The highest BCUT2D eigenvalue weighted by molar-refractivity contribution is 9.10. The molecule has 102 valence electrons. The maximum absolute atomic E-state index is 13.7. The lowest BCUT2D eigenvalue weighted by atomic mass is 10.2. The fraction of sp³-hybridized carbons (Fsp3) is 0.333. The molecule has 2 N–H and O–H groups in total. The average molecular weight is 345 g/mol. The van der Waals surface area contributed by atoms with E-state index < -0.39 is 0 Å². The number of nitrogens with two attached hydrogens (primary N) is 1. The Labute approximate surface area is 123 Å². The van der Waals surface area contributed by atoms with E-state index in [2.05, 4.69) is 26.1 Å². The molecule has 0 fully saturated rings. The van der Waals surface area contributed by atoms with Gasteiger partial charge in [0.2, 0.25) is 0 Å². The molecule has 0 atom stereocenters. The Bertz CT molecular complexity index is 573. The molecule has 2 rings (SSSR count). The highest BCUT2D eigenvalue weighted by Crippen LogP contribution is 2.24. The van der Waals surface area contributed by atoms with Gasteiger partial charge in [0.05, 0.1) is 6.54 Å². The van der Waals surface area contributed by atoms with Gasteiger partial charge in [0.15, 0.2) is 5.16 Å². The molecule has 1 heterocycles. The Balaban J connectivity index is 2.12. The molecule has 1 aromatic carbocycles. The highest BCUT2D eigenvalue weighted by Gasteiger charge is 2.11. The molecule has 2 aromatic rings. The number of thioether (sulfide) groups is 1. The molecule has 0 aliphatic heterocycles. The summed E-state index contributed by atoms with van der Waals surface area (Å²) in [7, 11) is 0. The second kappa shape index (κ2) is 6.49. The highest BCUT2D eigenvalue weighted by atomic mass is 79.9. The maximum Gasteiger partial charge on any atom is 0.191 e. The van der Waals surface area contributed by atoms with Crippen LogP contribution in [0.4, 0.5) is 4.39 Å². The third kappa shape index (κ3) is 3.34. The molecule has 0 unspecified atom stereocenters. The van der Waals surface area contributed by atoms with Crippen LogP contribution >= 0.6 is 27.7 Å². The van der Waals surface area contributed by atoms with Gasteiger partial charge < -0.3 is 10.3 Å². The van der Waals surface area contributed by atoms with E-state index in [9.17, 15) is 4.39 Å². The minimum Gasteiger partial charge on any atom is -0.324 e. The van der Waals surface area contributed by atoms with E-state index in [0.29, 0.717) is 17.9 Å². The second-order valence-electron chi connectivity index (χ2n) is 3.87. The second-order valence-corrected chi connectivity index (χ2v) is 5.73. The van der Waals surface area contributed by atoms with E-state index in [1.807, 2.05) is 17.6 Å². The lowest BCUT2D eigenvalue weighted by molar-refractivity contribution is 0.615. The third-order valence-corrected chi connectivity index (χ3v) is 4.17. The van der Waals surface area contributed by atoms with Gasteiger partial charge in [-0.2, -0.15) is 0 Å². The summed E-state index contributed by atoms with van der Waals surface area (Å²) < 4.78 is 16.4. The number of nitrogens with zero attached hydrogens (tertiary/aromatic N) is 3. The lowest BCUT2D eigenvalue weighted by Gasteiger charge is -2.06. The maximum atomic E-state index is 13.7. The number of benzene rings is 1. The molecule has 4 nitrogen and oxygen atoms in total. The van der Waals surface area contributed by atoms with Crippen molar-refractivity contribution < 1.29 is 4.39 Å². The Hall–Kier alpha value is -0.920. The zero-order valence-corrected chi connectivity index (χ0v) is 12.8. The molecular weight excluding hydrogens is 331 g/mol. The van der Waals surface area contributed by atoms with Crippen LogP contribution in [0, 0.1) is 5.82 Å². The summed E-state index contributed by atoms with van der Waals surface area (Å²) in [5, 5.41) is 8.87. The van der Waals surface area contributed by atoms with E-state index in [4.69, 9.17) is 5.73 Å². The molecule has 0 saturated heterocycles. The van der Waals surface area contributed by atoms with E-state index in [1.54, 1.807) is 6.07 Å². The van der Waals surface area contributed by atoms with Crippen molar-refractivity contribution in [2.75, 3.05) is 0 Å². The zero-order chi connectivity index (χ0) is 13.8. The number of halogens is 2. The van der Waals surface area contributed by atoms with Crippen molar-refractivity contribution in [3.05, 3.63) is 39.9 Å². The molecule has 0 aliphatic carbocycles. The van der Waals surface area contributed by atoms with Gasteiger partial charge in [-0.15, -0.1) is 10.2 Å². The van der Waals surface area contributed by atoms with Crippen LogP contribution in [0.25, 0.3) is 0 Å². The van der Waals surface area contributed by atoms with E-state index >= 15 is 0 Å².